The van der Waals surface area contributed by atoms with Crippen LogP contribution >= 0.6 is 0 Å². The number of rotatable bonds is 4. The molecule has 0 heterocycles. The van der Waals surface area contributed by atoms with Crippen molar-refractivity contribution < 1.29 is 4.79 Å². The highest BCUT2D eigenvalue weighted by Crippen LogP contribution is 2.33. The molecular weight excluding hydrogens is 114 g/mol. The summed E-state index contributed by atoms with van der Waals surface area (Å²) >= 11 is 0. The minimum absolute atomic E-state index is 0.210. The van der Waals surface area contributed by atoms with Crippen molar-refractivity contribution in [3.8, 4) is 0 Å². The number of ketones is 1. The Kier molecular flexibility index (Phi) is 2.22. The van der Waals surface area contributed by atoms with Gasteiger partial charge in [0, 0.05) is 6.42 Å². The van der Waals surface area contributed by atoms with E-state index in [-0.39, 0.29) is 12.3 Å². The van der Waals surface area contributed by atoms with Gasteiger partial charge >= 0.3 is 0 Å². The molecule has 52 valence electrons. The van der Waals surface area contributed by atoms with E-state index in [2.05, 4.69) is 0 Å². The van der Waals surface area contributed by atoms with E-state index in [0.717, 1.165) is 12.3 Å². The van der Waals surface area contributed by atoms with E-state index in [1.54, 1.807) is 0 Å². The normalized spacial score (nSPS) is 17.9. The number of hydrogen-bond acceptors (Lipinski definition) is 2. The maximum Gasteiger partial charge on any atom is 0.146 e. The summed E-state index contributed by atoms with van der Waals surface area (Å²) in [6.07, 6.45) is 4.45. The molecule has 1 rings (SSSR count). The van der Waals surface area contributed by atoms with Crippen molar-refractivity contribution in [1.29, 1.82) is 0 Å². The zero-order valence-corrected chi connectivity index (χ0v) is 5.60. The summed E-state index contributed by atoms with van der Waals surface area (Å²) in [5.74, 6) is 1.07. The van der Waals surface area contributed by atoms with Crippen LogP contribution in [0.5, 0.6) is 0 Å². The van der Waals surface area contributed by atoms with Crippen LogP contribution in [0, 0.1) is 5.92 Å². The van der Waals surface area contributed by atoms with E-state index < -0.39 is 0 Å². The van der Waals surface area contributed by atoms with Gasteiger partial charge in [0.15, 0.2) is 0 Å². The smallest absolute Gasteiger partial charge is 0.146 e. The Morgan fingerprint density at radius 3 is 2.67 bits per heavy atom. The SMILES string of the molecule is NCC(=O)CCC1CC1. The van der Waals surface area contributed by atoms with Crippen LogP contribution in [0.4, 0.5) is 0 Å². The van der Waals surface area contributed by atoms with Gasteiger partial charge in [-0.1, -0.05) is 12.8 Å². The van der Waals surface area contributed by atoms with E-state index in [9.17, 15) is 4.79 Å². The molecule has 0 unspecified atom stereocenters. The molecule has 1 aliphatic rings. The van der Waals surface area contributed by atoms with Crippen molar-refractivity contribution in [2.24, 2.45) is 11.7 Å². The molecule has 0 bridgehead atoms. The minimum atomic E-state index is 0.210. The van der Waals surface area contributed by atoms with E-state index in [0.29, 0.717) is 6.42 Å². The predicted octanol–water partition coefficient (Wildman–Crippen LogP) is 0.704. The van der Waals surface area contributed by atoms with Crippen LogP contribution < -0.4 is 5.73 Å². The number of nitrogens with two attached hydrogens (primary N) is 1. The largest absolute Gasteiger partial charge is 0.324 e. The van der Waals surface area contributed by atoms with E-state index >= 15 is 0 Å². The van der Waals surface area contributed by atoms with Gasteiger partial charge < -0.3 is 5.73 Å². The summed E-state index contributed by atoms with van der Waals surface area (Å²) in [6.45, 7) is 0.229. The summed E-state index contributed by atoms with van der Waals surface area (Å²) in [6, 6.07) is 0. The molecule has 1 fully saturated rings. The van der Waals surface area contributed by atoms with Crippen molar-refractivity contribution in [2.75, 3.05) is 6.54 Å². The Labute approximate surface area is 55.4 Å². The van der Waals surface area contributed by atoms with Gasteiger partial charge in [-0.15, -0.1) is 0 Å². The molecule has 1 aliphatic carbocycles. The van der Waals surface area contributed by atoms with E-state index in [4.69, 9.17) is 5.73 Å². The quantitative estimate of drug-likeness (QED) is 0.604. The molecule has 2 N–H and O–H groups in total. The topological polar surface area (TPSA) is 43.1 Å². The molecule has 0 spiro atoms. The first-order chi connectivity index (χ1) is 4.33. The Bertz CT molecular complexity index is 107. The standard InChI is InChI=1S/C7H13NO/c8-5-7(9)4-3-6-1-2-6/h6H,1-5,8H2. The van der Waals surface area contributed by atoms with Gasteiger partial charge in [-0.05, 0) is 12.3 Å². The molecule has 2 heteroatoms. The number of hydrogen-bond donors (Lipinski definition) is 1. The van der Waals surface area contributed by atoms with Crippen LogP contribution in [0.3, 0.4) is 0 Å². The van der Waals surface area contributed by atoms with Crippen LogP contribution in [0.15, 0.2) is 0 Å². The molecule has 0 aromatic carbocycles. The Morgan fingerprint density at radius 2 is 2.22 bits per heavy atom. The zero-order chi connectivity index (χ0) is 6.69. The van der Waals surface area contributed by atoms with Crippen molar-refractivity contribution >= 4 is 5.78 Å². The van der Waals surface area contributed by atoms with Gasteiger partial charge in [0.2, 0.25) is 0 Å². The Morgan fingerprint density at radius 1 is 1.56 bits per heavy atom. The van der Waals surface area contributed by atoms with E-state index in [1.165, 1.54) is 12.8 Å². The number of Topliss-reactive ketones (excluding diaryl/α,β-unsaturated/α-hetero) is 1. The molecule has 0 radical (unpaired) electrons. The molecule has 2 nitrogen and oxygen atoms in total. The lowest BCUT2D eigenvalue weighted by Gasteiger charge is -1.93. The fourth-order valence-electron chi connectivity index (χ4n) is 0.874. The van der Waals surface area contributed by atoms with Crippen LogP contribution in [-0.2, 0) is 4.79 Å². The second-order valence-electron chi connectivity index (χ2n) is 2.72. The molecule has 1 saturated carbocycles. The fourth-order valence-corrected chi connectivity index (χ4v) is 0.874. The summed E-state index contributed by atoms with van der Waals surface area (Å²) in [4.78, 5) is 10.6. The molecule has 0 aromatic heterocycles. The minimum Gasteiger partial charge on any atom is -0.324 e. The first kappa shape index (κ1) is 6.75. The predicted molar refractivity (Wildman–Crippen MR) is 36.0 cm³/mol. The summed E-state index contributed by atoms with van der Waals surface area (Å²) in [5, 5.41) is 0. The van der Waals surface area contributed by atoms with Gasteiger partial charge in [-0.25, -0.2) is 0 Å². The zero-order valence-electron chi connectivity index (χ0n) is 5.60. The van der Waals surface area contributed by atoms with Crippen molar-refractivity contribution in [2.45, 2.75) is 25.7 Å². The lowest BCUT2D eigenvalue weighted by molar-refractivity contribution is -0.117. The maximum absolute atomic E-state index is 10.6. The Hall–Kier alpha value is -0.370. The highest BCUT2D eigenvalue weighted by Gasteiger charge is 2.21. The van der Waals surface area contributed by atoms with Gasteiger partial charge in [-0.2, -0.15) is 0 Å². The number of carbonyl (C=O) groups is 1. The lowest BCUT2D eigenvalue weighted by Crippen LogP contribution is -2.12. The van der Waals surface area contributed by atoms with Crippen molar-refractivity contribution in [3.63, 3.8) is 0 Å². The number of carbonyl (C=O) groups excluding carboxylic acids is 1. The molecule has 0 aromatic rings. The van der Waals surface area contributed by atoms with Crippen LogP contribution in [0.25, 0.3) is 0 Å². The molecule has 0 aliphatic heterocycles. The van der Waals surface area contributed by atoms with Crippen molar-refractivity contribution in [3.05, 3.63) is 0 Å². The summed E-state index contributed by atoms with van der Waals surface area (Å²) in [7, 11) is 0. The van der Waals surface area contributed by atoms with Crippen LogP contribution in [0.2, 0.25) is 0 Å². The second kappa shape index (κ2) is 2.97. The van der Waals surface area contributed by atoms with Gasteiger partial charge in [0.25, 0.3) is 0 Å². The third kappa shape index (κ3) is 2.61. The second-order valence-corrected chi connectivity index (χ2v) is 2.72. The monoisotopic (exact) mass is 127 g/mol. The highest BCUT2D eigenvalue weighted by atomic mass is 16.1. The average molecular weight is 127 g/mol. The van der Waals surface area contributed by atoms with Gasteiger partial charge in [-0.3, -0.25) is 4.79 Å². The Balaban J connectivity index is 1.96. The third-order valence-electron chi connectivity index (χ3n) is 1.76. The lowest BCUT2D eigenvalue weighted by atomic mass is 10.1. The van der Waals surface area contributed by atoms with Crippen LogP contribution in [0.1, 0.15) is 25.7 Å². The van der Waals surface area contributed by atoms with Gasteiger partial charge in [0.05, 0.1) is 6.54 Å². The first-order valence-corrected chi connectivity index (χ1v) is 3.54. The van der Waals surface area contributed by atoms with E-state index in [1.807, 2.05) is 0 Å². The third-order valence-corrected chi connectivity index (χ3v) is 1.76. The molecule has 0 amide bonds. The van der Waals surface area contributed by atoms with Crippen LogP contribution in [-0.4, -0.2) is 12.3 Å². The first-order valence-electron chi connectivity index (χ1n) is 3.54. The molecule has 0 atom stereocenters. The summed E-state index contributed by atoms with van der Waals surface area (Å²) in [5.41, 5.74) is 5.13. The molecular formula is C7H13NO. The van der Waals surface area contributed by atoms with Gasteiger partial charge in [0.1, 0.15) is 5.78 Å². The average Bonchev–Trinajstić information content (AvgIpc) is 2.65. The fraction of sp³-hybridized carbons (Fsp3) is 0.857. The summed E-state index contributed by atoms with van der Waals surface area (Å²) < 4.78 is 0. The molecule has 0 saturated heterocycles. The highest BCUT2D eigenvalue weighted by molar-refractivity contribution is 5.80. The molecule has 9 heavy (non-hydrogen) atoms. The van der Waals surface area contributed by atoms with Crippen molar-refractivity contribution in [1.82, 2.24) is 0 Å². The maximum atomic E-state index is 10.6.